The maximum atomic E-state index is 11.1. The van der Waals surface area contributed by atoms with Gasteiger partial charge in [-0.15, -0.1) is 0 Å². The average molecular weight is 245 g/mol. The van der Waals surface area contributed by atoms with Crippen molar-refractivity contribution >= 4 is 16.0 Å². The molecule has 0 spiro atoms. The Hall–Kier alpha value is 0.120. The van der Waals surface area contributed by atoms with E-state index in [2.05, 4.69) is 5.32 Å². The van der Waals surface area contributed by atoms with E-state index in [-0.39, 0.29) is 36.9 Å². The number of amides is 1. The average Bonchev–Trinajstić information content (AvgIpc) is 1.78. The van der Waals surface area contributed by atoms with Crippen LogP contribution in [0.1, 0.15) is 22.2 Å². The zero-order chi connectivity index (χ0) is 11.4. The minimum Gasteiger partial charge on any atom is -1.00 e. The zero-order valence-electron chi connectivity index (χ0n) is 10.4. The Morgan fingerprint density at radius 1 is 1.53 bits per heavy atom. The molecule has 0 aromatic rings. The Balaban J connectivity index is -0.000000845. The van der Waals surface area contributed by atoms with E-state index in [0.29, 0.717) is 0 Å². The van der Waals surface area contributed by atoms with Crippen molar-refractivity contribution in [1.29, 1.82) is 0 Å². The quantitative estimate of drug-likeness (QED) is 0.325. The summed E-state index contributed by atoms with van der Waals surface area (Å²) in [6, 6.07) is 0. The van der Waals surface area contributed by atoms with Crippen molar-refractivity contribution in [2.75, 3.05) is 5.75 Å². The van der Waals surface area contributed by atoms with Gasteiger partial charge in [0.25, 0.3) is 10.1 Å². The topological polar surface area (TPSA) is 83.5 Å². The molecular weight excluding hydrogens is 229 g/mol. The molecule has 0 aromatic carbocycles. The van der Waals surface area contributed by atoms with E-state index in [1.165, 1.54) is 19.9 Å². The van der Waals surface area contributed by atoms with Gasteiger partial charge in [-0.3, -0.25) is 9.35 Å². The SMILES string of the molecule is C/C=C/C(=O)NC(C)(C)CS(=O)(=O)O.[H-].[Na+]. The first kappa shape index (κ1) is 17.5. The molecule has 7 heteroatoms. The van der Waals surface area contributed by atoms with Crippen LogP contribution in [0.4, 0.5) is 0 Å². The Labute approximate surface area is 114 Å². The van der Waals surface area contributed by atoms with Crippen LogP contribution in [0.15, 0.2) is 12.2 Å². The number of nitrogens with one attached hydrogen (secondary N) is 1. The third-order valence-electron chi connectivity index (χ3n) is 1.32. The molecule has 1 amide bonds. The summed E-state index contributed by atoms with van der Waals surface area (Å²) in [6.45, 7) is 4.71. The number of carbonyl (C=O) groups is 1. The van der Waals surface area contributed by atoms with Crippen molar-refractivity contribution in [3.63, 3.8) is 0 Å². The van der Waals surface area contributed by atoms with Crippen LogP contribution in [0.25, 0.3) is 0 Å². The van der Waals surface area contributed by atoms with E-state index in [9.17, 15) is 13.2 Å². The Kier molecular flexibility index (Phi) is 7.76. The van der Waals surface area contributed by atoms with Crippen LogP contribution in [0.3, 0.4) is 0 Å². The van der Waals surface area contributed by atoms with Gasteiger partial charge in [0.1, 0.15) is 0 Å². The number of hydrogen-bond donors (Lipinski definition) is 2. The first-order chi connectivity index (χ1) is 6.16. The number of allylic oxidation sites excluding steroid dienone is 1. The zero-order valence-corrected chi connectivity index (χ0v) is 12.3. The second-order valence-corrected chi connectivity index (χ2v) is 5.05. The third kappa shape index (κ3) is 10.4. The van der Waals surface area contributed by atoms with Gasteiger partial charge in [-0.2, -0.15) is 8.42 Å². The summed E-state index contributed by atoms with van der Waals surface area (Å²) in [5.74, 6) is -0.898. The predicted molar refractivity (Wildman–Crippen MR) is 54.6 cm³/mol. The molecule has 0 aromatic heterocycles. The molecule has 84 valence electrons. The van der Waals surface area contributed by atoms with Crippen LogP contribution in [0.5, 0.6) is 0 Å². The van der Waals surface area contributed by atoms with Crippen molar-refractivity contribution in [3.8, 4) is 0 Å². The fourth-order valence-corrected chi connectivity index (χ4v) is 2.00. The van der Waals surface area contributed by atoms with Gasteiger partial charge in [0, 0.05) is 0 Å². The van der Waals surface area contributed by atoms with E-state index >= 15 is 0 Å². The third-order valence-corrected chi connectivity index (χ3v) is 2.41. The molecule has 0 saturated heterocycles. The summed E-state index contributed by atoms with van der Waals surface area (Å²) < 4.78 is 29.7. The molecule has 0 atom stereocenters. The van der Waals surface area contributed by atoms with Gasteiger partial charge in [-0.05, 0) is 26.8 Å². The van der Waals surface area contributed by atoms with Crippen LogP contribution >= 0.6 is 0 Å². The normalized spacial score (nSPS) is 12.3. The first-order valence-electron chi connectivity index (χ1n) is 4.06. The maximum absolute atomic E-state index is 11.1. The molecule has 0 aliphatic heterocycles. The van der Waals surface area contributed by atoms with Crippen molar-refractivity contribution in [2.45, 2.75) is 26.3 Å². The van der Waals surface area contributed by atoms with E-state index in [0.717, 1.165) is 0 Å². The Morgan fingerprint density at radius 3 is 2.33 bits per heavy atom. The second kappa shape index (κ2) is 6.65. The molecule has 0 aliphatic rings. The first-order valence-corrected chi connectivity index (χ1v) is 5.67. The molecular formula is C8H16NNaO4S. The predicted octanol–water partition coefficient (Wildman–Crippen LogP) is -2.54. The molecule has 0 radical (unpaired) electrons. The van der Waals surface area contributed by atoms with Crippen LogP contribution in [0, 0.1) is 0 Å². The summed E-state index contributed by atoms with van der Waals surface area (Å²) in [4.78, 5) is 11.1. The summed E-state index contributed by atoms with van der Waals surface area (Å²) >= 11 is 0. The monoisotopic (exact) mass is 245 g/mol. The standard InChI is InChI=1S/C8H15NO4S.Na.H/c1-4-5-7(10)9-8(2,3)6-14(11,12)13;;/h4-5H,6H2,1-3H3,(H,9,10)(H,11,12,13);;/q;+1;-1/b5-4+;;. The van der Waals surface area contributed by atoms with Crippen molar-refractivity contribution in [2.24, 2.45) is 0 Å². The van der Waals surface area contributed by atoms with Gasteiger partial charge in [-0.25, -0.2) is 0 Å². The fraction of sp³-hybridized carbons (Fsp3) is 0.625. The largest absolute Gasteiger partial charge is 1.00 e. The molecule has 5 nitrogen and oxygen atoms in total. The van der Waals surface area contributed by atoms with E-state index in [1.807, 2.05) is 0 Å². The molecule has 0 aliphatic carbocycles. The van der Waals surface area contributed by atoms with Crippen LogP contribution in [-0.4, -0.2) is 30.2 Å². The molecule has 15 heavy (non-hydrogen) atoms. The number of carbonyl (C=O) groups excluding carboxylic acids is 1. The van der Waals surface area contributed by atoms with Gasteiger partial charge in [0.15, 0.2) is 0 Å². The van der Waals surface area contributed by atoms with E-state index in [4.69, 9.17) is 4.55 Å². The fourth-order valence-electron chi connectivity index (χ4n) is 1.02. The van der Waals surface area contributed by atoms with E-state index < -0.39 is 21.4 Å². The summed E-state index contributed by atoms with van der Waals surface area (Å²) in [5.41, 5.74) is -0.982. The number of rotatable bonds is 4. The molecule has 0 rings (SSSR count). The van der Waals surface area contributed by atoms with Crippen molar-refractivity contribution in [3.05, 3.63) is 12.2 Å². The van der Waals surface area contributed by atoms with Gasteiger partial charge >= 0.3 is 29.6 Å². The Bertz CT molecular complexity index is 340. The second-order valence-electron chi connectivity index (χ2n) is 3.60. The van der Waals surface area contributed by atoms with Crippen molar-refractivity contribution < 1.29 is 48.7 Å². The summed E-state index contributed by atoms with van der Waals surface area (Å²) in [5, 5.41) is 2.45. The molecule has 0 bridgehead atoms. The number of hydrogen-bond acceptors (Lipinski definition) is 3. The van der Waals surface area contributed by atoms with Crippen LogP contribution in [0.2, 0.25) is 0 Å². The maximum Gasteiger partial charge on any atom is 1.00 e. The van der Waals surface area contributed by atoms with Gasteiger partial charge < -0.3 is 6.74 Å². The van der Waals surface area contributed by atoms with Crippen molar-refractivity contribution in [1.82, 2.24) is 5.32 Å². The van der Waals surface area contributed by atoms with Gasteiger partial charge in [0.2, 0.25) is 5.91 Å². The molecule has 2 N–H and O–H groups in total. The summed E-state index contributed by atoms with van der Waals surface area (Å²) in [7, 11) is -4.08. The molecule has 0 saturated carbocycles. The Morgan fingerprint density at radius 2 is 2.00 bits per heavy atom. The van der Waals surface area contributed by atoms with Crippen LogP contribution < -0.4 is 34.9 Å². The smallest absolute Gasteiger partial charge is 1.00 e. The van der Waals surface area contributed by atoms with Crippen LogP contribution in [-0.2, 0) is 14.9 Å². The minimum absolute atomic E-state index is 0. The molecule has 0 fully saturated rings. The molecule has 0 unspecified atom stereocenters. The van der Waals surface area contributed by atoms with E-state index in [1.54, 1.807) is 13.0 Å². The van der Waals surface area contributed by atoms with Gasteiger partial charge in [0.05, 0.1) is 11.3 Å². The summed E-state index contributed by atoms with van der Waals surface area (Å²) in [6.07, 6.45) is 2.82. The van der Waals surface area contributed by atoms with Gasteiger partial charge in [-0.1, -0.05) is 6.08 Å². The minimum atomic E-state index is -4.08. The molecule has 0 heterocycles.